The summed E-state index contributed by atoms with van der Waals surface area (Å²) in [4.78, 5) is -0.376. The molecule has 0 saturated carbocycles. The van der Waals surface area contributed by atoms with E-state index in [2.05, 4.69) is 4.72 Å². The number of rotatable bonds is 6. The molecule has 19 heavy (non-hydrogen) atoms. The van der Waals surface area contributed by atoms with Crippen molar-refractivity contribution < 1.29 is 22.3 Å². The average molecular weight is 293 g/mol. The first-order valence-electron chi connectivity index (χ1n) is 5.85. The lowest BCUT2D eigenvalue weighted by molar-refractivity contribution is 0.0554. The van der Waals surface area contributed by atoms with E-state index in [0.29, 0.717) is 18.9 Å². The Balaban J connectivity index is 2.84. The summed E-state index contributed by atoms with van der Waals surface area (Å²) in [6, 6.07) is 2.32. The second-order valence-corrected chi connectivity index (χ2v) is 6.41. The molecule has 0 aromatic heterocycles. The van der Waals surface area contributed by atoms with Crippen LogP contribution < -0.4 is 4.72 Å². The van der Waals surface area contributed by atoms with Gasteiger partial charge >= 0.3 is 0 Å². The van der Waals surface area contributed by atoms with E-state index in [4.69, 9.17) is 0 Å². The lowest BCUT2D eigenvalue weighted by Crippen LogP contribution is -2.40. The Morgan fingerprint density at radius 3 is 2.47 bits per heavy atom. The highest BCUT2D eigenvalue weighted by Gasteiger charge is 2.23. The Kier molecular flexibility index (Phi) is 5.00. The van der Waals surface area contributed by atoms with Gasteiger partial charge in [0, 0.05) is 6.54 Å². The predicted octanol–water partition coefficient (Wildman–Crippen LogP) is 1.79. The van der Waals surface area contributed by atoms with Crippen LogP contribution >= 0.6 is 0 Å². The number of halogens is 2. The standard InChI is InChI=1S/C12H17F2NO3S/c1-3-6-12(2,16)8-15-19(17,18)9-4-5-10(13)11(14)7-9/h4-5,7,15-16H,3,6,8H2,1-2H3. The highest BCUT2D eigenvalue weighted by molar-refractivity contribution is 7.89. The number of aliphatic hydroxyl groups is 1. The summed E-state index contributed by atoms with van der Waals surface area (Å²) in [5.74, 6) is -2.35. The maximum Gasteiger partial charge on any atom is 0.240 e. The van der Waals surface area contributed by atoms with Crippen LogP contribution in [0.25, 0.3) is 0 Å². The molecule has 0 fully saturated rings. The molecule has 0 saturated heterocycles. The summed E-state index contributed by atoms with van der Waals surface area (Å²) >= 11 is 0. The van der Waals surface area contributed by atoms with Gasteiger partial charge in [-0.3, -0.25) is 0 Å². The van der Waals surface area contributed by atoms with Crippen LogP contribution in [-0.2, 0) is 10.0 Å². The normalized spacial score (nSPS) is 15.2. The molecule has 2 N–H and O–H groups in total. The predicted molar refractivity (Wildman–Crippen MR) is 67.1 cm³/mol. The highest BCUT2D eigenvalue weighted by Crippen LogP contribution is 2.15. The van der Waals surface area contributed by atoms with Crippen molar-refractivity contribution in [3.8, 4) is 0 Å². The zero-order valence-corrected chi connectivity index (χ0v) is 11.6. The molecule has 1 atom stereocenters. The first kappa shape index (κ1) is 16.0. The summed E-state index contributed by atoms with van der Waals surface area (Å²) in [6.45, 7) is 3.17. The van der Waals surface area contributed by atoms with Crippen LogP contribution in [-0.4, -0.2) is 25.7 Å². The summed E-state index contributed by atoms with van der Waals surface area (Å²) < 4.78 is 51.6. The van der Waals surface area contributed by atoms with Gasteiger partial charge in [0.2, 0.25) is 10.0 Å². The second-order valence-electron chi connectivity index (χ2n) is 4.65. The van der Waals surface area contributed by atoms with Crippen molar-refractivity contribution in [2.45, 2.75) is 37.2 Å². The molecule has 1 aromatic rings. The molecule has 0 radical (unpaired) electrons. The molecule has 7 heteroatoms. The average Bonchev–Trinajstić information content (AvgIpc) is 2.30. The van der Waals surface area contributed by atoms with Gasteiger partial charge in [-0.15, -0.1) is 0 Å². The maximum atomic E-state index is 13.0. The van der Waals surface area contributed by atoms with Crippen molar-refractivity contribution in [3.63, 3.8) is 0 Å². The van der Waals surface area contributed by atoms with E-state index in [-0.39, 0.29) is 11.4 Å². The van der Waals surface area contributed by atoms with E-state index in [1.807, 2.05) is 6.92 Å². The van der Waals surface area contributed by atoms with E-state index in [9.17, 15) is 22.3 Å². The van der Waals surface area contributed by atoms with Gasteiger partial charge in [-0.2, -0.15) is 0 Å². The molecule has 0 spiro atoms. The van der Waals surface area contributed by atoms with Crippen LogP contribution in [0.15, 0.2) is 23.1 Å². The summed E-state index contributed by atoms with van der Waals surface area (Å²) in [7, 11) is -3.97. The molecule has 0 amide bonds. The van der Waals surface area contributed by atoms with Crippen molar-refractivity contribution in [1.82, 2.24) is 4.72 Å². The van der Waals surface area contributed by atoms with Crippen molar-refractivity contribution in [1.29, 1.82) is 0 Å². The van der Waals surface area contributed by atoms with Crippen molar-refractivity contribution in [2.75, 3.05) is 6.54 Å². The van der Waals surface area contributed by atoms with Gasteiger partial charge in [0.05, 0.1) is 10.5 Å². The fourth-order valence-electron chi connectivity index (χ4n) is 1.60. The molecular weight excluding hydrogens is 276 g/mol. The number of hydrogen-bond donors (Lipinski definition) is 2. The Labute approximate surface area is 111 Å². The molecule has 1 aromatic carbocycles. The van der Waals surface area contributed by atoms with Crippen molar-refractivity contribution in [2.24, 2.45) is 0 Å². The molecular formula is C12H17F2NO3S. The van der Waals surface area contributed by atoms with Gasteiger partial charge < -0.3 is 5.11 Å². The third-order valence-electron chi connectivity index (χ3n) is 2.63. The van der Waals surface area contributed by atoms with Crippen molar-refractivity contribution >= 4 is 10.0 Å². The molecule has 0 aliphatic carbocycles. The summed E-state index contributed by atoms with van der Waals surface area (Å²) in [6.07, 6.45) is 1.12. The minimum Gasteiger partial charge on any atom is -0.389 e. The number of hydrogen-bond acceptors (Lipinski definition) is 3. The fraction of sp³-hybridized carbons (Fsp3) is 0.500. The van der Waals surface area contributed by atoms with Crippen LogP contribution in [0, 0.1) is 11.6 Å². The molecule has 0 aliphatic rings. The third kappa shape index (κ3) is 4.52. The zero-order chi connectivity index (χ0) is 14.7. The minimum atomic E-state index is -3.97. The van der Waals surface area contributed by atoms with Crippen LogP contribution in [0.5, 0.6) is 0 Å². The topological polar surface area (TPSA) is 66.4 Å². The quantitative estimate of drug-likeness (QED) is 0.840. The third-order valence-corrected chi connectivity index (χ3v) is 4.03. The van der Waals surface area contributed by atoms with Gasteiger partial charge in [0.25, 0.3) is 0 Å². The van der Waals surface area contributed by atoms with E-state index in [1.54, 1.807) is 0 Å². The lowest BCUT2D eigenvalue weighted by Gasteiger charge is -2.22. The molecule has 4 nitrogen and oxygen atoms in total. The number of sulfonamides is 1. The summed E-state index contributed by atoms with van der Waals surface area (Å²) in [5, 5.41) is 9.86. The highest BCUT2D eigenvalue weighted by atomic mass is 32.2. The summed E-state index contributed by atoms with van der Waals surface area (Å²) in [5.41, 5.74) is -1.18. The van der Waals surface area contributed by atoms with Gasteiger partial charge in [0.1, 0.15) is 0 Å². The lowest BCUT2D eigenvalue weighted by atomic mass is 10.0. The Hall–Kier alpha value is -1.05. The van der Waals surface area contributed by atoms with Crippen molar-refractivity contribution in [3.05, 3.63) is 29.8 Å². The first-order valence-corrected chi connectivity index (χ1v) is 7.33. The van der Waals surface area contributed by atoms with Gasteiger partial charge in [0.15, 0.2) is 11.6 Å². The Morgan fingerprint density at radius 1 is 1.32 bits per heavy atom. The molecule has 0 heterocycles. The second kappa shape index (κ2) is 5.94. The van der Waals surface area contributed by atoms with E-state index in [0.717, 1.165) is 12.1 Å². The Bertz CT molecular complexity index is 544. The van der Waals surface area contributed by atoms with Gasteiger partial charge in [-0.05, 0) is 31.5 Å². The number of nitrogens with one attached hydrogen (secondary N) is 1. The smallest absolute Gasteiger partial charge is 0.240 e. The Morgan fingerprint density at radius 2 is 1.95 bits per heavy atom. The van der Waals surface area contributed by atoms with Gasteiger partial charge in [-0.1, -0.05) is 13.3 Å². The van der Waals surface area contributed by atoms with E-state index in [1.165, 1.54) is 6.92 Å². The van der Waals surface area contributed by atoms with Crippen LogP contribution in [0.1, 0.15) is 26.7 Å². The maximum absolute atomic E-state index is 13.0. The van der Waals surface area contributed by atoms with Gasteiger partial charge in [-0.25, -0.2) is 21.9 Å². The molecule has 1 rings (SSSR count). The van der Waals surface area contributed by atoms with E-state index >= 15 is 0 Å². The SMILES string of the molecule is CCCC(C)(O)CNS(=O)(=O)c1ccc(F)c(F)c1. The largest absolute Gasteiger partial charge is 0.389 e. The van der Waals surface area contributed by atoms with Crippen LogP contribution in [0.2, 0.25) is 0 Å². The first-order chi connectivity index (χ1) is 8.68. The molecule has 0 bridgehead atoms. The fourth-order valence-corrected chi connectivity index (χ4v) is 2.78. The zero-order valence-electron chi connectivity index (χ0n) is 10.8. The molecule has 0 aliphatic heterocycles. The van der Waals surface area contributed by atoms with Crippen LogP contribution in [0.4, 0.5) is 8.78 Å². The monoisotopic (exact) mass is 293 g/mol. The molecule has 1 unspecified atom stereocenters. The minimum absolute atomic E-state index is 0.192. The number of benzene rings is 1. The van der Waals surface area contributed by atoms with Crippen LogP contribution in [0.3, 0.4) is 0 Å². The molecule has 108 valence electrons. The van der Waals surface area contributed by atoms with E-state index < -0.39 is 27.3 Å².